The number of rotatable bonds is 4. The van der Waals surface area contributed by atoms with Gasteiger partial charge in [0.1, 0.15) is 0 Å². The number of nitrogens with one attached hydrogen (secondary N) is 2. The van der Waals surface area contributed by atoms with Crippen LogP contribution in [0.3, 0.4) is 0 Å². The van der Waals surface area contributed by atoms with Gasteiger partial charge in [0.05, 0.1) is 6.54 Å². The quantitative estimate of drug-likeness (QED) is 0.666. The van der Waals surface area contributed by atoms with E-state index < -0.39 is 0 Å². The second-order valence-electron chi connectivity index (χ2n) is 5.90. The van der Waals surface area contributed by atoms with Crippen molar-refractivity contribution < 1.29 is 0 Å². The lowest BCUT2D eigenvalue weighted by molar-refractivity contribution is 0.408. The van der Waals surface area contributed by atoms with Crippen molar-refractivity contribution in [1.29, 1.82) is 0 Å². The highest BCUT2D eigenvalue weighted by Gasteiger charge is 2.21. The molecule has 5 heteroatoms. The normalized spacial score (nSPS) is 19.3. The Balaban J connectivity index is 1.73. The van der Waals surface area contributed by atoms with E-state index in [-0.39, 0.29) is 0 Å². The highest BCUT2D eigenvalue weighted by molar-refractivity contribution is 8.00. The first-order valence-corrected chi connectivity index (χ1v) is 9.56. The number of H-pyrrole nitrogens is 1. The van der Waals surface area contributed by atoms with Crippen LogP contribution in [-0.2, 0) is 6.54 Å². The van der Waals surface area contributed by atoms with Gasteiger partial charge in [-0.1, -0.05) is 25.1 Å². The Morgan fingerprint density at radius 2 is 2.26 bits per heavy atom. The van der Waals surface area contributed by atoms with Gasteiger partial charge in [0.15, 0.2) is 5.96 Å². The third-order valence-corrected chi connectivity index (χ3v) is 5.59. The molecule has 1 aromatic carbocycles. The summed E-state index contributed by atoms with van der Waals surface area (Å²) >= 11 is 2.09. The number of thioether (sulfide) groups is 1. The molecule has 1 aliphatic heterocycles. The second-order valence-corrected chi connectivity index (χ2v) is 7.31. The van der Waals surface area contributed by atoms with Crippen molar-refractivity contribution in [2.45, 2.75) is 32.1 Å². The molecule has 1 aromatic heterocycles. The van der Waals surface area contributed by atoms with Gasteiger partial charge in [-0.3, -0.25) is 0 Å². The summed E-state index contributed by atoms with van der Waals surface area (Å²) in [5, 5.41) is 5.43. The molecular weight excluding hydrogens is 304 g/mol. The molecule has 1 unspecified atom stereocenters. The largest absolute Gasteiger partial charge is 0.357 e. The van der Waals surface area contributed by atoms with Crippen molar-refractivity contribution >= 4 is 28.6 Å². The molecule has 0 bridgehead atoms. The Labute approximate surface area is 142 Å². The first-order valence-electron chi connectivity index (χ1n) is 8.51. The lowest BCUT2D eigenvalue weighted by Gasteiger charge is -2.34. The third-order valence-electron chi connectivity index (χ3n) is 4.21. The van der Waals surface area contributed by atoms with Crippen molar-refractivity contribution in [3.8, 4) is 0 Å². The minimum atomic E-state index is 0.692. The smallest absolute Gasteiger partial charge is 0.194 e. The van der Waals surface area contributed by atoms with Crippen LogP contribution in [0.25, 0.3) is 10.9 Å². The van der Waals surface area contributed by atoms with Gasteiger partial charge < -0.3 is 15.2 Å². The number of para-hydroxylation sites is 1. The van der Waals surface area contributed by atoms with E-state index in [0.717, 1.165) is 30.8 Å². The van der Waals surface area contributed by atoms with Gasteiger partial charge in [-0.05, 0) is 30.9 Å². The molecule has 0 amide bonds. The molecule has 23 heavy (non-hydrogen) atoms. The van der Waals surface area contributed by atoms with Gasteiger partial charge in [-0.25, -0.2) is 4.99 Å². The van der Waals surface area contributed by atoms with E-state index in [4.69, 9.17) is 4.99 Å². The van der Waals surface area contributed by atoms with Gasteiger partial charge >= 0.3 is 0 Å². The monoisotopic (exact) mass is 330 g/mol. The van der Waals surface area contributed by atoms with Crippen molar-refractivity contribution in [2.24, 2.45) is 4.99 Å². The maximum atomic E-state index is 4.86. The van der Waals surface area contributed by atoms with Crippen molar-refractivity contribution in [3.05, 3.63) is 36.0 Å². The number of hydrogen-bond acceptors (Lipinski definition) is 2. The Bertz CT molecular complexity index is 631. The Morgan fingerprint density at radius 1 is 1.39 bits per heavy atom. The van der Waals surface area contributed by atoms with Crippen LogP contribution in [0.15, 0.2) is 35.3 Å². The minimum Gasteiger partial charge on any atom is -0.357 e. The fourth-order valence-electron chi connectivity index (χ4n) is 2.96. The van der Waals surface area contributed by atoms with Gasteiger partial charge in [0, 0.05) is 41.8 Å². The highest BCUT2D eigenvalue weighted by Crippen LogP contribution is 2.21. The average Bonchev–Trinajstić information content (AvgIpc) is 3.01. The number of hydrogen-bond donors (Lipinski definition) is 2. The number of guanidine groups is 1. The lowest BCUT2D eigenvalue weighted by Crippen LogP contribution is -2.48. The molecule has 4 nitrogen and oxygen atoms in total. The van der Waals surface area contributed by atoms with Crippen molar-refractivity contribution in [1.82, 2.24) is 15.2 Å². The summed E-state index contributed by atoms with van der Waals surface area (Å²) < 4.78 is 0. The molecule has 2 N–H and O–H groups in total. The van der Waals surface area contributed by atoms with Crippen molar-refractivity contribution in [3.63, 3.8) is 0 Å². The summed E-state index contributed by atoms with van der Waals surface area (Å²) in [7, 11) is 0. The first kappa shape index (κ1) is 16.2. The molecule has 1 saturated heterocycles. The maximum absolute atomic E-state index is 4.86. The van der Waals surface area contributed by atoms with Gasteiger partial charge in [-0.15, -0.1) is 0 Å². The van der Waals surface area contributed by atoms with Gasteiger partial charge in [0.2, 0.25) is 0 Å². The molecule has 2 aromatic rings. The molecule has 1 fully saturated rings. The Hall–Kier alpha value is -1.62. The molecule has 0 spiro atoms. The van der Waals surface area contributed by atoms with E-state index >= 15 is 0 Å². The van der Waals surface area contributed by atoms with Crippen LogP contribution < -0.4 is 5.32 Å². The molecule has 0 saturated carbocycles. The summed E-state index contributed by atoms with van der Waals surface area (Å²) in [6.07, 6.45) is 1.22. The fourth-order valence-corrected chi connectivity index (χ4v) is 4.14. The summed E-state index contributed by atoms with van der Waals surface area (Å²) in [6, 6.07) is 10.6. The SMILES string of the molecule is CCNC(=NCc1cc2ccccc2[nH]1)N1CCSC(CC)C1. The van der Waals surface area contributed by atoms with Crippen LogP contribution in [0, 0.1) is 0 Å². The maximum Gasteiger partial charge on any atom is 0.194 e. The highest BCUT2D eigenvalue weighted by atomic mass is 32.2. The summed E-state index contributed by atoms with van der Waals surface area (Å²) in [6.45, 7) is 8.19. The van der Waals surface area contributed by atoms with Gasteiger partial charge in [-0.2, -0.15) is 11.8 Å². The summed E-state index contributed by atoms with van der Waals surface area (Å²) in [5.41, 5.74) is 2.35. The Morgan fingerprint density at radius 3 is 3.04 bits per heavy atom. The molecule has 3 rings (SSSR count). The zero-order valence-corrected chi connectivity index (χ0v) is 14.8. The van der Waals surface area contributed by atoms with E-state index in [2.05, 4.69) is 71.1 Å². The molecule has 2 heterocycles. The molecular formula is C18H26N4S. The number of nitrogens with zero attached hydrogens (tertiary/aromatic N) is 2. The van der Waals surface area contributed by atoms with Crippen molar-refractivity contribution in [2.75, 3.05) is 25.4 Å². The van der Waals surface area contributed by atoms with Crippen LogP contribution in [0.5, 0.6) is 0 Å². The van der Waals surface area contributed by atoms with Crippen LogP contribution in [-0.4, -0.2) is 46.5 Å². The van der Waals surface area contributed by atoms with E-state index in [1.165, 1.54) is 28.8 Å². The Kier molecular flexibility index (Phi) is 5.49. The third kappa shape index (κ3) is 4.02. The predicted octanol–water partition coefficient (Wildman–Crippen LogP) is 3.46. The predicted molar refractivity (Wildman–Crippen MR) is 101 cm³/mol. The number of aromatic nitrogens is 1. The fraction of sp³-hybridized carbons (Fsp3) is 0.500. The van der Waals surface area contributed by atoms with E-state index in [1.807, 2.05) is 0 Å². The minimum absolute atomic E-state index is 0.692. The summed E-state index contributed by atoms with van der Waals surface area (Å²) in [4.78, 5) is 10.7. The van der Waals surface area contributed by atoms with E-state index in [1.54, 1.807) is 0 Å². The molecule has 1 aliphatic rings. The number of fused-ring (bicyclic) bond motifs is 1. The number of aliphatic imine (C=N–C) groups is 1. The lowest BCUT2D eigenvalue weighted by atomic mass is 10.2. The molecule has 0 radical (unpaired) electrons. The molecule has 0 aliphatic carbocycles. The van der Waals surface area contributed by atoms with Crippen LogP contribution >= 0.6 is 11.8 Å². The standard InChI is InChI=1S/C18H26N4S/c1-3-16-13-22(9-10-23-16)18(19-4-2)20-12-15-11-14-7-5-6-8-17(14)21-15/h5-8,11,16,21H,3-4,9-10,12-13H2,1-2H3,(H,19,20). The topological polar surface area (TPSA) is 43.4 Å². The second kappa shape index (κ2) is 7.77. The number of aromatic amines is 1. The van der Waals surface area contributed by atoms with E-state index in [0.29, 0.717) is 6.54 Å². The van der Waals surface area contributed by atoms with Crippen LogP contribution in [0.2, 0.25) is 0 Å². The summed E-state index contributed by atoms with van der Waals surface area (Å²) in [5.74, 6) is 2.24. The number of benzene rings is 1. The zero-order valence-electron chi connectivity index (χ0n) is 14.0. The van der Waals surface area contributed by atoms with Crippen LogP contribution in [0.1, 0.15) is 26.0 Å². The zero-order chi connectivity index (χ0) is 16.1. The van der Waals surface area contributed by atoms with Gasteiger partial charge in [0.25, 0.3) is 0 Å². The average molecular weight is 331 g/mol. The molecule has 1 atom stereocenters. The molecule has 124 valence electrons. The van der Waals surface area contributed by atoms with Crippen LogP contribution in [0.4, 0.5) is 0 Å². The first-order chi connectivity index (χ1) is 11.3. The van der Waals surface area contributed by atoms with E-state index in [9.17, 15) is 0 Å².